The SMILES string of the molecule is c1ccc(-c2cccc(-c3nc(-c4cccc5c4oc4cccc(-c6nc(-c7ccccc7)nc(-c7cccc(-c8ccc9c(c8)oc8cc(-c%10nc(-c%11cccc%12c%11oc%11cccc(-c%13nc(-c%14ccccc%14)nc(-c%14ccccc%14)n%13)c%11%12)nc%11c%10sc%10ccccc%10%11)ccc89)c7)n6)c45)nc4c3sc3ccccc34)c2)cc1. The molecule has 0 unspecified atom stereocenters. The molecule has 0 amide bonds. The monoisotopic (exact) mass is 1480 g/mol. The van der Waals surface area contributed by atoms with Crippen molar-refractivity contribution < 1.29 is 13.3 Å². The van der Waals surface area contributed by atoms with Gasteiger partial charge in [-0.3, -0.25) is 0 Å². The van der Waals surface area contributed by atoms with Gasteiger partial charge in [0.15, 0.2) is 46.6 Å². The second kappa shape index (κ2) is 25.9. The number of benzene rings is 14. The average Bonchev–Trinajstić information content (AvgIpc) is 1.58. The van der Waals surface area contributed by atoms with E-state index in [0.717, 1.165) is 173 Å². The summed E-state index contributed by atoms with van der Waals surface area (Å²) in [6, 6.07) is 112. The fourth-order valence-corrected chi connectivity index (χ4v) is 18.2. The molecule has 0 fully saturated rings. The van der Waals surface area contributed by atoms with Crippen LogP contribution in [0.3, 0.4) is 0 Å². The molecule has 0 aliphatic rings. The van der Waals surface area contributed by atoms with Crippen molar-refractivity contribution in [2.45, 2.75) is 0 Å². The molecule has 0 atom stereocenters. The fraction of sp³-hybridized carbons (Fsp3) is 0. The molecule has 0 saturated carbocycles. The van der Waals surface area contributed by atoms with E-state index in [-0.39, 0.29) is 0 Å². The quantitative estimate of drug-likeness (QED) is 0.113. The standard InChI is InChI=1S/C98H54N10O3S2/c1-5-23-55(24-6-1)59-31-17-33-62(51-59)83-89-85(67-35-13-15-45-79(67)112-89)101-97(99-83)73-41-19-38-70-82-72(40-22-44-76(82)111-87(70)73)96-107-93(58-29-11-4-12-30-58)104-94(108-96)64-34-18-32-60(52-64)61-47-49-65-66-50-48-63(54-78(66)109-77(65)53-61)84-90-86(68-36-14-16-46-80(68)113-90)102-98(100-84)74-42-20-37-69-81-71(39-21-43-75(81)110-88(69)74)95-105-91(56-25-7-2-8-26-56)103-92(106-95)57-27-9-3-10-28-57/h1-54H. The predicted octanol–water partition coefficient (Wildman–Crippen LogP) is 26.1. The van der Waals surface area contributed by atoms with Crippen molar-refractivity contribution in [2.75, 3.05) is 0 Å². The van der Waals surface area contributed by atoms with Crippen LogP contribution in [0.4, 0.5) is 0 Å². The van der Waals surface area contributed by atoms with Crippen molar-refractivity contribution in [1.29, 1.82) is 0 Å². The van der Waals surface area contributed by atoms with E-state index >= 15 is 0 Å². The Balaban J connectivity index is 0.606. The van der Waals surface area contributed by atoms with Gasteiger partial charge >= 0.3 is 0 Å². The lowest BCUT2D eigenvalue weighted by atomic mass is 10.0. The molecule has 526 valence electrons. The van der Waals surface area contributed by atoms with E-state index in [0.29, 0.717) is 68.9 Å². The third kappa shape index (κ3) is 10.8. The van der Waals surface area contributed by atoms with Crippen LogP contribution in [0.15, 0.2) is 341 Å². The van der Waals surface area contributed by atoms with Crippen molar-refractivity contribution in [3.63, 3.8) is 0 Å². The molecule has 0 bridgehead atoms. The van der Waals surface area contributed by atoms with Crippen LogP contribution in [0.2, 0.25) is 0 Å². The number of aromatic nitrogens is 10. The topological polar surface area (TPSA) is 168 Å². The maximum atomic E-state index is 7.01. The predicted molar refractivity (Wildman–Crippen MR) is 457 cm³/mol. The van der Waals surface area contributed by atoms with E-state index < -0.39 is 0 Å². The normalized spacial score (nSPS) is 11.9. The van der Waals surface area contributed by atoms with E-state index in [4.69, 9.17) is 63.1 Å². The van der Waals surface area contributed by atoms with Gasteiger partial charge < -0.3 is 13.3 Å². The summed E-state index contributed by atoms with van der Waals surface area (Å²) in [5.74, 6) is 4.35. The summed E-state index contributed by atoms with van der Waals surface area (Å²) in [5, 5.41) is 7.62. The summed E-state index contributed by atoms with van der Waals surface area (Å²) in [7, 11) is 0. The van der Waals surface area contributed by atoms with Crippen LogP contribution >= 0.6 is 22.7 Å². The van der Waals surface area contributed by atoms with Crippen LogP contribution < -0.4 is 0 Å². The molecule has 0 spiro atoms. The summed E-state index contributed by atoms with van der Waals surface area (Å²) in [6.07, 6.45) is 0. The number of nitrogens with zero attached hydrogens (tertiary/aromatic N) is 10. The number of furan rings is 3. The van der Waals surface area contributed by atoms with E-state index in [9.17, 15) is 0 Å². The zero-order valence-corrected chi connectivity index (χ0v) is 61.3. The molecule has 23 aromatic rings. The largest absolute Gasteiger partial charge is 0.456 e. The molecule has 0 saturated heterocycles. The molecule has 0 aliphatic heterocycles. The van der Waals surface area contributed by atoms with Crippen molar-refractivity contribution in [2.24, 2.45) is 0 Å². The van der Waals surface area contributed by atoms with Gasteiger partial charge in [-0.15, -0.1) is 22.7 Å². The summed E-state index contributed by atoms with van der Waals surface area (Å²) in [4.78, 5) is 53.0. The third-order valence-corrected chi connectivity index (χ3v) is 23.6. The lowest BCUT2D eigenvalue weighted by Crippen LogP contribution is -2.00. The van der Waals surface area contributed by atoms with E-state index in [1.807, 2.05) is 133 Å². The first-order valence-corrected chi connectivity index (χ1v) is 38.8. The number of rotatable bonds is 12. The zero-order chi connectivity index (χ0) is 74.2. The van der Waals surface area contributed by atoms with Gasteiger partial charge in [0.05, 0.1) is 42.9 Å². The number of thiophene rings is 2. The van der Waals surface area contributed by atoms with Gasteiger partial charge in [-0.05, 0) is 95.1 Å². The van der Waals surface area contributed by atoms with E-state index in [2.05, 4.69) is 194 Å². The Morgan fingerprint density at radius 1 is 0.195 bits per heavy atom. The third-order valence-electron chi connectivity index (χ3n) is 21.3. The summed E-state index contributed by atoms with van der Waals surface area (Å²) >= 11 is 3.40. The second-order valence-electron chi connectivity index (χ2n) is 28.0. The maximum absolute atomic E-state index is 7.01. The Kier molecular flexibility index (Phi) is 14.7. The molecular formula is C98H54N10O3S2. The molecule has 15 heteroatoms. The van der Waals surface area contributed by atoms with Gasteiger partial charge in [0.2, 0.25) is 0 Å². The Bertz CT molecular complexity index is 7770. The first-order valence-electron chi connectivity index (χ1n) is 37.2. The number of hydrogen-bond acceptors (Lipinski definition) is 15. The van der Waals surface area contributed by atoms with Gasteiger partial charge in [0, 0.05) is 97.0 Å². The number of para-hydroxylation sites is 2. The van der Waals surface area contributed by atoms with Crippen LogP contribution in [-0.4, -0.2) is 49.8 Å². The molecule has 0 radical (unpaired) electrons. The van der Waals surface area contributed by atoms with Gasteiger partial charge in [-0.2, -0.15) is 0 Å². The Labute approximate surface area is 651 Å². The molecule has 113 heavy (non-hydrogen) atoms. The highest BCUT2D eigenvalue weighted by Crippen LogP contribution is 2.48. The minimum Gasteiger partial charge on any atom is -0.456 e. The van der Waals surface area contributed by atoms with Crippen molar-refractivity contribution in [3.05, 3.63) is 328 Å². The van der Waals surface area contributed by atoms with Crippen LogP contribution in [0.5, 0.6) is 0 Å². The number of hydrogen-bond donors (Lipinski definition) is 0. The van der Waals surface area contributed by atoms with Crippen LogP contribution in [0.25, 0.3) is 242 Å². The minimum absolute atomic E-state index is 0.502. The fourth-order valence-electron chi connectivity index (χ4n) is 15.9. The van der Waals surface area contributed by atoms with Crippen LogP contribution in [0, 0.1) is 0 Å². The molecular weight excluding hydrogens is 1430 g/mol. The lowest BCUT2D eigenvalue weighted by molar-refractivity contribution is 0.669. The second-order valence-corrected chi connectivity index (χ2v) is 30.1. The Morgan fingerprint density at radius 2 is 0.531 bits per heavy atom. The minimum atomic E-state index is 0.502. The van der Waals surface area contributed by atoms with Gasteiger partial charge in [0.25, 0.3) is 0 Å². The molecule has 23 rings (SSSR count). The Hall–Kier alpha value is -14.9. The van der Waals surface area contributed by atoms with E-state index in [1.54, 1.807) is 22.7 Å². The van der Waals surface area contributed by atoms with Gasteiger partial charge in [-0.1, -0.05) is 255 Å². The highest BCUT2D eigenvalue weighted by molar-refractivity contribution is 7.26. The molecule has 0 N–H and O–H groups in total. The first-order chi connectivity index (χ1) is 55.9. The molecule has 0 aliphatic carbocycles. The maximum Gasteiger partial charge on any atom is 0.164 e. The van der Waals surface area contributed by atoms with Gasteiger partial charge in [0.1, 0.15) is 33.5 Å². The van der Waals surface area contributed by atoms with E-state index in [1.165, 1.54) is 0 Å². The van der Waals surface area contributed by atoms with Crippen LogP contribution in [-0.2, 0) is 0 Å². The summed E-state index contributed by atoms with van der Waals surface area (Å²) in [5.41, 5.74) is 20.2. The zero-order valence-electron chi connectivity index (χ0n) is 59.7. The van der Waals surface area contributed by atoms with Crippen molar-refractivity contribution in [1.82, 2.24) is 49.8 Å². The molecule has 9 aromatic heterocycles. The van der Waals surface area contributed by atoms with Gasteiger partial charge in [-0.25, -0.2) is 49.8 Å². The molecule has 9 heterocycles. The number of fused-ring (bicyclic) bond motifs is 15. The highest BCUT2D eigenvalue weighted by Gasteiger charge is 2.27. The average molecular weight is 1480 g/mol. The highest BCUT2D eigenvalue weighted by atomic mass is 32.1. The van der Waals surface area contributed by atoms with Crippen LogP contribution in [0.1, 0.15) is 0 Å². The molecule has 13 nitrogen and oxygen atoms in total. The summed E-state index contributed by atoms with van der Waals surface area (Å²) in [6.45, 7) is 0. The summed E-state index contributed by atoms with van der Waals surface area (Å²) < 4.78 is 25.2. The first kappa shape index (κ1) is 64.1. The lowest BCUT2D eigenvalue weighted by Gasteiger charge is -2.10. The van der Waals surface area contributed by atoms with Crippen molar-refractivity contribution in [3.8, 4) is 136 Å². The smallest absolute Gasteiger partial charge is 0.164 e. The van der Waals surface area contributed by atoms with Crippen molar-refractivity contribution >= 4 is 129 Å². The Morgan fingerprint density at radius 3 is 1.04 bits per heavy atom. The molecule has 14 aromatic carbocycles.